The average molecular weight is 188 g/mol. The van der Waals surface area contributed by atoms with Gasteiger partial charge in [0.15, 0.2) is 0 Å². The molecule has 13 heavy (non-hydrogen) atoms. The first-order valence-electron chi connectivity index (χ1n) is 3.89. The third kappa shape index (κ3) is 3.17. The number of hydrogen-bond acceptors (Lipinski definition) is 3. The first-order chi connectivity index (χ1) is 5.15. The summed E-state index contributed by atoms with van der Waals surface area (Å²) in [5.41, 5.74) is 0. The number of cyclic esters (lactones) is 2. The molecule has 0 saturated carbocycles. The van der Waals surface area contributed by atoms with Crippen LogP contribution >= 0.6 is 0 Å². The monoisotopic (exact) mass is 188 g/mol. The fourth-order valence-electron chi connectivity index (χ4n) is 1.21. The highest BCUT2D eigenvalue weighted by molar-refractivity contribution is 5.94. The molecule has 0 aromatic carbocycles. The molecule has 2 atom stereocenters. The third-order valence-electron chi connectivity index (χ3n) is 2.23. The summed E-state index contributed by atoms with van der Waals surface area (Å²) in [5, 5.41) is 0. The van der Waals surface area contributed by atoms with Crippen molar-refractivity contribution in [3.8, 4) is 0 Å². The Morgan fingerprint density at radius 3 is 2.31 bits per heavy atom. The van der Waals surface area contributed by atoms with Gasteiger partial charge in [-0.25, -0.2) is 0 Å². The smallest absolute Gasteiger partial charge is 0.317 e. The Balaban J connectivity index is 0. The molecule has 0 N–H and O–H groups in total. The van der Waals surface area contributed by atoms with E-state index in [0.717, 1.165) is 6.42 Å². The Labute approximate surface area is 80.5 Å². The van der Waals surface area contributed by atoms with Crippen molar-refractivity contribution < 1.29 is 14.3 Å². The van der Waals surface area contributed by atoms with E-state index in [1.165, 1.54) is 0 Å². The lowest BCUT2D eigenvalue weighted by atomic mass is 9.91. The lowest BCUT2D eigenvalue weighted by Crippen LogP contribution is -2.15. The summed E-state index contributed by atoms with van der Waals surface area (Å²) >= 11 is 0. The summed E-state index contributed by atoms with van der Waals surface area (Å²) in [5.74, 6) is -0.647. The zero-order valence-electron chi connectivity index (χ0n) is 6.79. The maximum atomic E-state index is 10.9. The van der Waals surface area contributed by atoms with Crippen LogP contribution in [0.2, 0.25) is 0 Å². The molecule has 0 aliphatic carbocycles. The number of rotatable bonds is 2. The molecule has 0 aromatic rings. The fraction of sp³-hybridized carbons (Fsp3) is 0.800. The third-order valence-corrected chi connectivity index (χ3v) is 2.23. The summed E-state index contributed by atoms with van der Waals surface area (Å²) in [6.07, 6.45) is 1.18. The molecule has 0 amide bonds. The van der Waals surface area contributed by atoms with Crippen LogP contribution in [-0.4, -0.2) is 11.9 Å². The Hall–Kier alpha value is -0.860. The van der Waals surface area contributed by atoms with Crippen LogP contribution in [0.4, 0.5) is 0 Å². The van der Waals surface area contributed by atoms with E-state index in [-0.39, 0.29) is 45.0 Å². The van der Waals surface area contributed by atoms with Gasteiger partial charge in [0.2, 0.25) is 0 Å². The molecule has 0 spiro atoms. The van der Waals surface area contributed by atoms with E-state index in [0.29, 0.717) is 0 Å². The van der Waals surface area contributed by atoms with Crippen molar-refractivity contribution in [1.82, 2.24) is 0 Å². The fourth-order valence-corrected chi connectivity index (χ4v) is 1.21. The molecular weight excluding hydrogens is 168 g/mol. The van der Waals surface area contributed by atoms with E-state index >= 15 is 0 Å². The topological polar surface area (TPSA) is 43.4 Å². The molecule has 1 saturated heterocycles. The molecule has 78 valence electrons. The largest absolute Gasteiger partial charge is 0.393 e. The number of ether oxygens (including phenoxy) is 1. The van der Waals surface area contributed by atoms with Gasteiger partial charge in [-0.2, -0.15) is 0 Å². The molecule has 0 radical (unpaired) electrons. The van der Waals surface area contributed by atoms with Gasteiger partial charge in [-0.15, -0.1) is 0 Å². The molecule has 3 heteroatoms. The Bertz CT molecular complexity index is 187. The SMILES string of the molecule is C.C.CCC(C)C1CC(=O)OC1=O. The standard InChI is InChI=1S/C8H12O3.2CH4/c1-3-5(2)6-4-7(9)11-8(6)10;;/h5-6H,3-4H2,1-2H3;2*1H4. The molecule has 1 fully saturated rings. The van der Waals surface area contributed by atoms with Gasteiger partial charge in [0, 0.05) is 0 Å². The summed E-state index contributed by atoms with van der Waals surface area (Å²) in [6, 6.07) is 0. The van der Waals surface area contributed by atoms with E-state index in [4.69, 9.17) is 0 Å². The first kappa shape index (κ1) is 14.7. The lowest BCUT2D eigenvalue weighted by molar-refractivity contribution is -0.153. The van der Waals surface area contributed by atoms with Gasteiger partial charge < -0.3 is 4.74 Å². The van der Waals surface area contributed by atoms with Crippen molar-refractivity contribution in [3.63, 3.8) is 0 Å². The van der Waals surface area contributed by atoms with Crippen LogP contribution in [0.3, 0.4) is 0 Å². The maximum absolute atomic E-state index is 10.9. The molecule has 1 rings (SSSR count). The van der Waals surface area contributed by atoms with Gasteiger partial charge in [0.1, 0.15) is 0 Å². The quantitative estimate of drug-likeness (QED) is 0.493. The summed E-state index contributed by atoms with van der Waals surface area (Å²) in [4.78, 5) is 21.6. The molecule has 1 heterocycles. The van der Waals surface area contributed by atoms with Gasteiger partial charge in [0.25, 0.3) is 0 Å². The van der Waals surface area contributed by atoms with Crippen molar-refractivity contribution in [1.29, 1.82) is 0 Å². The zero-order chi connectivity index (χ0) is 8.43. The Morgan fingerprint density at radius 1 is 1.46 bits per heavy atom. The van der Waals surface area contributed by atoms with Crippen molar-refractivity contribution in [2.45, 2.75) is 41.5 Å². The van der Waals surface area contributed by atoms with Crippen LogP contribution in [-0.2, 0) is 14.3 Å². The van der Waals surface area contributed by atoms with E-state index in [2.05, 4.69) is 4.74 Å². The molecule has 0 bridgehead atoms. The molecule has 1 aliphatic rings. The van der Waals surface area contributed by atoms with Crippen molar-refractivity contribution in [3.05, 3.63) is 0 Å². The first-order valence-corrected chi connectivity index (χ1v) is 3.89. The van der Waals surface area contributed by atoms with Crippen LogP contribution in [0.1, 0.15) is 41.5 Å². The molecule has 1 aliphatic heterocycles. The Morgan fingerprint density at radius 2 is 2.00 bits per heavy atom. The highest BCUT2D eigenvalue weighted by Gasteiger charge is 2.36. The second-order valence-corrected chi connectivity index (χ2v) is 2.99. The summed E-state index contributed by atoms with van der Waals surface area (Å²) < 4.78 is 4.42. The molecule has 2 unspecified atom stereocenters. The minimum absolute atomic E-state index is 0. The predicted molar refractivity (Wildman–Crippen MR) is 52.1 cm³/mol. The number of hydrogen-bond donors (Lipinski definition) is 0. The highest BCUT2D eigenvalue weighted by atomic mass is 16.6. The van der Waals surface area contributed by atoms with E-state index < -0.39 is 0 Å². The maximum Gasteiger partial charge on any atom is 0.317 e. The number of carbonyl (C=O) groups is 2. The molecule has 0 aromatic heterocycles. The average Bonchev–Trinajstić information content (AvgIpc) is 2.28. The molecular formula is C10H20O3. The molecule has 3 nitrogen and oxygen atoms in total. The van der Waals surface area contributed by atoms with E-state index in [1.54, 1.807) is 0 Å². The van der Waals surface area contributed by atoms with Crippen LogP contribution < -0.4 is 0 Å². The second-order valence-electron chi connectivity index (χ2n) is 2.99. The lowest BCUT2D eigenvalue weighted by Gasteiger charge is -2.10. The number of esters is 2. The summed E-state index contributed by atoms with van der Waals surface area (Å²) in [7, 11) is 0. The minimum atomic E-state index is -0.375. The van der Waals surface area contributed by atoms with Crippen LogP contribution in [0, 0.1) is 11.8 Å². The van der Waals surface area contributed by atoms with Crippen LogP contribution in [0.25, 0.3) is 0 Å². The normalized spacial score (nSPS) is 22.8. The van der Waals surface area contributed by atoms with Gasteiger partial charge in [0.05, 0.1) is 12.3 Å². The minimum Gasteiger partial charge on any atom is -0.393 e. The van der Waals surface area contributed by atoms with Gasteiger partial charge in [-0.05, 0) is 5.92 Å². The zero-order valence-corrected chi connectivity index (χ0v) is 6.79. The van der Waals surface area contributed by atoms with Gasteiger partial charge >= 0.3 is 11.9 Å². The van der Waals surface area contributed by atoms with Crippen molar-refractivity contribution in [2.75, 3.05) is 0 Å². The number of carbonyl (C=O) groups excluding carboxylic acids is 2. The van der Waals surface area contributed by atoms with Crippen LogP contribution in [0.15, 0.2) is 0 Å². The second kappa shape index (κ2) is 5.73. The van der Waals surface area contributed by atoms with Gasteiger partial charge in [-0.1, -0.05) is 35.1 Å². The van der Waals surface area contributed by atoms with Crippen LogP contribution in [0.5, 0.6) is 0 Å². The van der Waals surface area contributed by atoms with Crippen molar-refractivity contribution in [2.24, 2.45) is 11.8 Å². The predicted octanol–water partition coefficient (Wildman–Crippen LogP) is 2.39. The van der Waals surface area contributed by atoms with Gasteiger partial charge in [-0.3, -0.25) is 9.59 Å². The Kier molecular flexibility index (Phi) is 6.46. The van der Waals surface area contributed by atoms with E-state index in [1.807, 2.05) is 13.8 Å². The highest BCUT2D eigenvalue weighted by Crippen LogP contribution is 2.25. The van der Waals surface area contributed by atoms with E-state index in [9.17, 15) is 9.59 Å². The summed E-state index contributed by atoms with van der Waals surface area (Å²) in [6.45, 7) is 3.96. The van der Waals surface area contributed by atoms with Crippen molar-refractivity contribution >= 4 is 11.9 Å².